The molecule has 0 aromatic heterocycles. The van der Waals surface area contributed by atoms with E-state index in [0.29, 0.717) is 6.61 Å². The first kappa shape index (κ1) is 22.7. The zero-order valence-electron chi connectivity index (χ0n) is 15.6. The summed E-state index contributed by atoms with van der Waals surface area (Å²) >= 11 is 0. The molecule has 0 radical (unpaired) electrons. The lowest BCUT2D eigenvalue weighted by Gasteiger charge is -2.05. The molecule has 0 aliphatic rings. The Balaban J connectivity index is 3.21. The average molecular weight is 340 g/mol. The van der Waals surface area contributed by atoms with Gasteiger partial charge in [-0.2, -0.15) is 0 Å². The first-order valence-corrected chi connectivity index (χ1v) is 9.71. The lowest BCUT2D eigenvalue weighted by molar-refractivity contribution is -0.143. The molecule has 0 aliphatic heterocycles. The van der Waals surface area contributed by atoms with Crippen LogP contribution in [0, 0.1) is 0 Å². The minimum Gasteiger partial charge on any atom is -0.465 e. The van der Waals surface area contributed by atoms with Crippen molar-refractivity contribution < 1.29 is 14.3 Å². The Morgan fingerprint density at radius 3 is 1.62 bits per heavy atom. The van der Waals surface area contributed by atoms with Crippen LogP contribution in [0.3, 0.4) is 0 Å². The molecule has 0 saturated heterocycles. The first-order chi connectivity index (χ1) is 11.6. The van der Waals surface area contributed by atoms with Crippen LogP contribution in [-0.2, 0) is 14.3 Å². The van der Waals surface area contributed by atoms with Crippen molar-refractivity contribution >= 4 is 11.9 Å². The number of rotatable bonds is 17. The van der Waals surface area contributed by atoms with Gasteiger partial charge in [0, 0.05) is 5.57 Å². The van der Waals surface area contributed by atoms with Crippen molar-refractivity contribution in [1.82, 2.24) is 0 Å². The molecule has 4 nitrogen and oxygen atoms in total. The third-order valence-corrected chi connectivity index (χ3v) is 4.22. The van der Waals surface area contributed by atoms with E-state index >= 15 is 0 Å². The van der Waals surface area contributed by atoms with Crippen molar-refractivity contribution in [2.45, 2.75) is 96.8 Å². The Kier molecular flexibility index (Phi) is 15.6. The van der Waals surface area contributed by atoms with Crippen molar-refractivity contribution in [3.63, 3.8) is 0 Å². The Hall–Kier alpha value is -1.32. The molecule has 2 N–H and O–H groups in total. The van der Waals surface area contributed by atoms with Crippen molar-refractivity contribution in [2.75, 3.05) is 6.61 Å². The molecule has 0 fully saturated rings. The van der Waals surface area contributed by atoms with E-state index in [1.165, 1.54) is 70.6 Å². The molecular weight excluding hydrogens is 302 g/mol. The largest absolute Gasteiger partial charge is 0.465 e. The maximum absolute atomic E-state index is 11.4. The van der Waals surface area contributed by atoms with Crippen molar-refractivity contribution in [3.8, 4) is 0 Å². The van der Waals surface area contributed by atoms with Crippen LogP contribution in [0.5, 0.6) is 0 Å². The SMILES string of the molecule is C=C(CC(=O)OCCCCCCCCCCCCCCC)C(N)=O. The molecule has 0 aliphatic carbocycles. The summed E-state index contributed by atoms with van der Waals surface area (Å²) in [6.07, 6.45) is 16.6. The van der Waals surface area contributed by atoms with Gasteiger partial charge in [0.05, 0.1) is 13.0 Å². The molecule has 0 heterocycles. The van der Waals surface area contributed by atoms with Gasteiger partial charge in [-0.1, -0.05) is 90.6 Å². The number of esters is 1. The van der Waals surface area contributed by atoms with Gasteiger partial charge in [0.15, 0.2) is 0 Å². The van der Waals surface area contributed by atoms with Crippen LogP contribution >= 0.6 is 0 Å². The summed E-state index contributed by atoms with van der Waals surface area (Å²) < 4.78 is 5.06. The molecule has 0 saturated carbocycles. The number of hydrogen-bond donors (Lipinski definition) is 1. The fourth-order valence-electron chi connectivity index (χ4n) is 2.62. The second-order valence-electron chi connectivity index (χ2n) is 6.61. The number of ether oxygens (including phenoxy) is 1. The van der Waals surface area contributed by atoms with Crippen LogP contribution in [0.25, 0.3) is 0 Å². The Bertz CT molecular complexity index is 353. The summed E-state index contributed by atoms with van der Waals surface area (Å²) in [6, 6.07) is 0. The zero-order valence-corrected chi connectivity index (χ0v) is 15.6. The van der Waals surface area contributed by atoms with E-state index in [1.54, 1.807) is 0 Å². The normalized spacial score (nSPS) is 10.5. The quantitative estimate of drug-likeness (QED) is 0.229. The van der Waals surface area contributed by atoms with Crippen LogP contribution in [0.4, 0.5) is 0 Å². The Morgan fingerprint density at radius 2 is 1.21 bits per heavy atom. The summed E-state index contributed by atoms with van der Waals surface area (Å²) in [5, 5.41) is 0. The minimum atomic E-state index is -0.645. The summed E-state index contributed by atoms with van der Waals surface area (Å²) in [5.74, 6) is -1.06. The average Bonchev–Trinajstić information content (AvgIpc) is 2.55. The van der Waals surface area contributed by atoms with Crippen LogP contribution in [-0.4, -0.2) is 18.5 Å². The lowest BCUT2D eigenvalue weighted by Crippen LogP contribution is -2.17. The van der Waals surface area contributed by atoms with Crippen LogP contribution < -0.4 is 5.73 Å². The highest BCUT2D eigenvalue weighted by molar-refractivity contribution is 5.95. The fraction of sp³-hybridized carbons (Fsp3) is 0.800. The van der Waals surface area contributed by atoms with E-state index in [1.807, 2.05) is 0 Å². The number of carbonyl (C=O) groups excluding carboxylic acids is 2. The van der Waals surface area contributed by atoms with Gasteiger partial charge in [-0.3, -0.25) is 9.59 Å². The maximum Gasteiger partial charge on any atom is 0.310 e. The third-order valence-electron chi connectivity index (χ3n) is 4.22. The van der Waals surface area contributed by atoms with E-state index in [2.05, 4.69) is 13.5 Å². The monoisotopic (exact) mass is 339 g/mol. The molecule has 0 atom stereocenters. The minimum absolute atomic E-state index is 0.102. The summed E-state index contributed by atoms with van der Waals surface area (Å²) in [5.41, 5.74) is 5.12. The highest BCUT2D eigenvalue weighted by atomic mass is 16.5. The van der Waals surface area contributed by atoms with E-state index in [-0.39, 0.29) is 12.0 Å². The topological polar surface area (TPSA) is 69.4 Å². The van der Waals surface area contributed by atoms with Crippen LogP contribution in [0.2, 0.25) is 0 Å². The summed E-state index contributed by atoms with van der Waals surface area (Å²) in [7, 11) is 0. The van der Waals surface area contributed by atoms with Crippen LogP contribution in [0.1, 0.15) is 96.8 Å². The van der Waals surface area contributed by atoms with Crippen LogP contribution in [0.15, 0.2) is 12.2 Å². The van der Waals surface area contributed by atoms with Gasteiger partial charge >= 0.3 is 5.97 Å². The Morgan fingerprint density at radius 1 is 0.792 bits per heavy atom. The molecule has 0 rings (SSSR count). The smallest absolute Gasteiger partial charge is 0.310 e. The molecule has 0 unspecified atom stereocenters. The van der Waals surface area contributed by atoms with E-state index < -0.39 is 11.9 Å². The van der Waals surface area contributed by atoms with E-state index in [0.717, 1.165) is 12.8 Å². The number of amides is 1. The van der Waals surface area contributed by atoms with Gasteiger partial charge < -0.3 is 10.5 Å². The van der Waals surface area contributed by atoms with Gasteiger partial charge in [-0.05, 0) is 6.42 Å². The molecule has 140 valence electrons. The van der Waals surface area contributed by atoms with Crippen molar-refractivity contribution in [1.29, 1.82) is 0 Å². The molecule has 0 aromatic carbocycles. The number of unbranched alkanes of at least 4 members (excludes halogenated alkanes) is 12. The lowest BCUT2D eigenvalue weighted by atomic mass is 10.0. The highest BCUT2D eigenvalue weighted by Gasteiger charge is 2.09. The number of hydrogen-bond acceptors (Lipinski definition) is 3. The first-order valence-electron chi connectivity index (χ1n) is 9.71. The second kappa shape index (κ2) is 16.5. The third kappa shape index (κ3) is 15.6. The van der Waals surface area contributed by atoms with Crippen molar-refractivity contribution in [3.05, 3.63) is 12.2 Å². The second-order valence-corrected chi connectivity index (χ2v) is 6.61. The van der Waals surface area contributed by atoms with Gasteiger partial charge in [0.25, 0.3) is 0 Å². The van der Waals surface area contributed by atoms with E-state index in [9.17, 15) is 9.59 Å². The van der Waals surface area contributed by atoms with Gasteiger partial charge in [0.2, 0.25) is 5.91 Å². The standard InChI is InChI=1S/C20H37NO3/c1-3-4-5-6-7-8-9-10-11-12-13-14-15-16-24-19(22)17-18(2)20(21)23/h2-17H2,1H3,(H2,21,23). The fourth-order valence-corrected chi connectivity index (χ4v) is 2.62. The van der Waals surface area contributed by atoms with Gasteiger partial charge in [-0.15, -0.1) is 0 Å². The molecule has 1 amide bonds. The number of nitrogens with two attached hydrogens (primary N) is 1. The molecular formula is C20H37NO3. The zero-order chi connectivity index (χ0) is 18.0. The van der Waals surface area contributed by atoms with Crippen molar-refractivity contribution in [2.24, 2.45) is 5.73 Å². The summed E-state index contributed by atoms with van der Waals surface area (Å²) in [6.45, 7) is 6.11. The van der Waals surface area contributed by atoms with Gasteiger partial charge in [0.1, 0.15) is 0 Å². The Labute approximate surface area is 148 Å². The number of primary amides is 1. The predicted molar refractivity (Wildman–Crippen MR) is 99.6 cm³/mol. The summed E-state index contributed by atoms with van der Waals surface area (Å²) in [4.78, 5) is 22.1. The molecule has 0 spiro atoms. The maximum atomic E-state index is 11.4. The molecule has 4 heteroatoms. The predicted octanol–water partition coefficient (Wildman–Crippen LogP) is 5.05. The highest BCUT2D eigenvalue weighted by Crippen LogP contribution is 2.12. The molecule has 24 heavy (non-hydrogen) atoms. The number of carbonyl (C=O) groups is 2. The van der Waals surface area contributed by atoms with E-state index in [4.69, 9.17) is 10.5 Å². The van der Waals surface area contributed by atoms with Gasteiger partial charge in [-0.25, -0.2) is 0 Å². The molecule has 0 aromatic rings. The molecule has 0 bridgehead atoms.